The van der Waals surface area contributed by atoms with Gasteiger partial charge in [-0.1, -0.05) is 30.7 Å². The summed E-state index contributed by atoms with van der Waals surface area (Å²) in [5.74, 6) is 1.42. The van der Waals surface area contributed by atoms with E-state index in [2.05, 4.69) is 29.3 Å². The van der Waals surface area contributed by atoms with Crippen molar-refractivity contribution in [3.8, 4) is 0 Å². The van der Waals surface area contributed by atoms with E-state index in [9.17, 15) is 0 Å². The lowest BCUT2D eigenvalue weighted by molar-refractivity contribution is 0.176. The molecule has 0 amide bonds. The van der Waals surface area contributed by atoms with Gasteiger partial charge in [0.15, 0.2) is 0 Å². The second kappa shape index (κ2) is 8.89. The zero-order chi connectivity index (χ0) is 13.7. The Balaban J connectivity index is 0.00000200. The van der Waals surface area contributed by atoms with E-state index in [4.69, 9.17) is 11.6 Å². The summed E-state index contributed by atoms with van der Waals surface area (Å²) in [4.78, 5) is 2.59. The van der Waals surface area contributed by atoms with Gasteiger partial charge in [-0.05, 0) is 69.1 Å². The number of likely N-dealkylation sites (tertiary alicyclic amines) is 1. The number of halogens is 2. The molecule has 1 saturated heterocycles. The number of nitrogens with zero attached hydrogens (tertiary/aromatic N) is 1. The Morgan fingerprint density at radius 2 is 2.05 bits per heavy atom. The first-order chi connectivity index (χ1) is 9.19. The average Bonchev–Trinajstić information content (AvgIpc) is 2.41. The molecule has 1 aliphatic heterocycles. The molecule has 1 atom stereocenters. The molecule has 0 aromatic heterocycles. The van der Waals surface area contributed by atoms with Crippen LogP contribution in [-0.4, -0.2) is 38.1 Å². The van der Waals surface area contributed by atoms with Gasteiger partial charge in [-0.15, -0.1) is 12.4 Å². The standard InChI is InChI=1S/C16H25ClN2.ClH/c1-13(15-4-3-5-16(17)10-15)12-19-8-6-14(7-9-19)11-18-2;/h3-5,10,13-14,18H,6-9,11-12H2,1-2H3;1H. The first kappa shape index (κ1) is 17.8. The van der Waals surface area contributed by atoms with E-state index < -0.39 is 0 Å². The van der Waals surface area contributed by atoms with Gasteiger partial charge in [-0.25, -0.2) is 0 Å². The Hall–Kier alpha value is -0.280. The first-order valence-corrected chi connectivity index (χ1v) is 7.69. The normalized spacial score (nSPS) is 18.6. The van der Waals surface area contributed by atoms with Crippen LogP contribution in [0.3, 0.4) is 0 Å². The number of hydrogen-bond acceptors (Lipinski definition) is 2. The number of nitrogens with one attached hydrogen (secondary N) is 1. The molecule has 1 aromatic carbocycles. The molecule has 1 heterocycles. The molecule has 114 valence electrons. The van der Waals surface area contributed by atoms with Crippen molar-refractivity contribution in [1.82, 2.24) is 10.2 Å². The highest BCUT2D eigenvalue weighted by molar-refractivity contribution is 6.30. The molecule has 4 heteroatoms. The third kappa shape index (κ3) is 5.25. The van der Waals surface area contributed by atoms with Crippen LogP contribution in [0.2, 0.25) is 5.02 Å². The molecule has 0 bridgehead atoms. The quantitative estimate of drug-likeness (QED) is 0.889. The molecule has 1 unspecified atom stereocenters. The van der Waals surface area contributed by atoms with Gasteiger partial charge in [0.25, 0.3) is 0 Å². The molecule has 2 nitrogen and oxygen atoms in total. The van der Waals surface area contributed by atoms with E-state index in [-0.39, 0.29) is 12.4 Å². The fourth-order valence-electron chi connectivity index (χ4n) is 2.97. The van der Waals surface area contributed by atoms with Crippen LogP contribution < -0.4 is 5.32 Å². The molecule has 0 radical (unpaired) electrons. The van der Waals surface area contributed by atoms with Crippen LogP contribution >= 0.6 is 24.0 Å². The summed E-state index contributed by atoms with van der Waals surface area (Å²) in [6, 6.07) is 8.28. The fraction of sp³-hybridized carbons (Fsp3) is 0.625. The molecule has 0 spiro atoms. The minimum atomic E-state index is 0. The van der Waals surface area contributed by atoms with Gasteiger partial charge in [0.05, 0.1) is 0 Å². The van der Waals surface area contributed by atoms with Crippen LogP contribution in [0.15, 0.2) is 24.3 Å². The van der Waals surface area contributed by atoms with Crippen molar-refractivity contribution >= 4 is 24.0 Å². The minimum Gasteiger partial charge on any atom is -0.319 e. The van der Waals surface area contributed by atoms with Crippen LogP contribution in [0.5, 0.6) is 0 Å². The van der Waals surface area contributed by atoms with Crippen molar-refractivity contribution in [1.29, 1.82) is 0 Å². The summed E-state index contributed by atoms with van der Waals surface area (Å²) in [6.45, 7) is 7.07. The first-order valence-electron chi connectivity index (χ1n) is 7.31. The van der Waals surface area contributed by atoms with Crippen molar-refractivity contribution < 1.29 is 0 Å². The summed E-state index contributed by atoms with van der Waals surface area (Å²) in [5, 5.41) is 4.14. The maximum absolute atomic E-state index is 6.06. The Labute approximate surface area is 134 Å². The van der Waals surface area contributed by atoms with Gasteiger partial charge < -0.3 is 10.2 Å². The molecule has 1 fully saturated rings. The lowest BCUT2D eigenvalue weighted by Gasteiger charge is -2.33. The van der Waals surface area contributed by atoms with Crippen molar-refractivity contribution in [2.24, 2.45) is 5.92 Å². The maximum atomic E-state index is 6.06. The minimum absolute atomic E-state index is 0. The van der Waals surface area contributed by atoms with E-state index in [1.165, 1.54) is 31.5 Å². The molecule has 1 aliphatic rings. The largest absolute Gasteiger partial charge is 0.319 e. The highest BCUT2D eigenvalue weighted by atomic mass is 35.5. The number of hydrogen-bond donors (Lipinski definition) is 1. The predicted octanol–water partition coefficient (Wildman–Crippen LogP) is 3.80. The smallest absolute Gasteiger partial charge is 0.0408 e. The second-order valence-corrected chi connectivity index (χ2v) is 6.19. The van der Waals surface area contributed by atoms with E-state index in [1.54, 1.807) is 0 Å². The van der Waals surface area contributed by atoms with Crippen LogP contribution in [0.4, 0.5) is 0 Å². The van der Waals surface area contributed by atoms with Gasteiger partial charge in [0, 0.05) is 11.6 Å². The summed E-state index contributed by atoms with van der Waals surface area (Å²) < 4.78 is 0. The lowest BCUT2D eigenvalue weighted by Crippen LogP contribution is -2.38. The summed E-state index contributed by atoms with van der Waals surface area (Å²) in [6.07, 6.45) is 2.65. The molecule has 0 saturated carbocycles. The van der Waals surface area contributed by atoms with Crippen LogP contribution in [-0.2, 0) is 0 Å². The van der Waals surface area contributed by atoms with Crippen molar-refractivity contribution in [2.75, 3.05) is 33.2 Å². The van der Waals surface area contributed by atoms with E-state index >= 15 is 0 Å². The summed E-state index contributed by atoms with van der Waals surface area (Å²) >= 11 is 6.06. The number of rotatable bonds is 5. The van der Waals surface area contributed by atoms with E-state index in [0.29, 0.717) is 5.92 Å². The molecule has 20 heavy (non-hydrogen) atoms. The Bertz CT molecular complexity index is 390. The maximum Gasteiger partial charge on any atom is 0.0408 e. The SMILES string of the molecule is CNCC1CCN(CC(C)c2cccc(Cl)c2)CC1.Cl. The molecular formula is C16H26Cl2N2. The molecular weight excluding hydrogens is 291 g/mol. The monoisotopic (exact) mass is 316 g/mol. The fourth-order valence-corrected chi connectivity index (χ4v) is 3.17. The van der Waals surface area contributed by atoms with E-state index in [1.807, 2.05) is 19.2 Å². The van der Waals surface area contributed by atoms with Crippen molar-refractivity contribution in [2.45, 2.75) is 25.7 Å². The molecule has 1 N–H and O–H groups in total. The Kier molecular flexibility index (Phi) is 7.90. The predicted molar refractivity (Wildman–Crippen MR) is 90.2 cm³/mol. The topological polar surface area (TPSA) is 15.3 Å². The molecule has 0 aliphatic carbocycles. The molecule has 1 aromatic rings. The number of benzene rings is 1. The second-order valence-electron chi connectivity index (χ2n) is 5.76. The van der Waals surface area contributed by atoms with Crippen LogP contribution in [0, 0.1) is 5.92 Å². The van der Waals surface area contributed by atoms with Gasteiger partial charge in [-0.3, -0.25) is 0 Å². The zero-order valence-corrected chi connectivity index (χ0v) is 14.0. The van der Waals surface area contributed by atoms with Crippen LogP contribution in [0.25, 0.3) is 0 Å². The number of piperidine rings is 1. The van der Waals surface area contributed by atoms with Crippen LogP contribution in [0.1, 0.15) is 31.2 Å². The highest BCUT2D eigenvalue weighted by Crippen LogP contribution is 2.23. The lowest BCUT2D eigenvalue weighted by atomic mass is 9.94. The van der Waals surface area contributed by atoms with Gasteiger partial charge in [0.2, 0.25) is 0 Å². The van der Waals surface area contributed by atoms with Crippen molar-refractivity contribution in [3.05, 3.63) is 34.9 Å². The van der Waals surface area contributed by atoms with Gasteiger partial charge in [-0.2, -0.15) is 0 Å². The van der Waals surface area contributed by atoms with E-state index in [0.717, 1.165) is 24.0 Å². The Morgan fingerprint density at radius 1 is 1.35 bits per heavy atom. The van der Waals surface area contributed by atoms with Crippen molar-refractivity contribution in [3.63, 3.8) is 0 Å². The van der Waals surface area contributed by atoms with Gasteiger partial charge >= 0.3 is 0 Å². The molecule has 2 rings (SSSR count). The third-order valence-electron chi connectivity index (χ3n) is 4.15. The average molecular weight is 317 g/mol. The summed E-state index contributed by atoms with van der Waals surface area (Å²) in [5.41, 5.74) is 1.35. The highest BCUT2D eigenvalue weighted by Gasteiger charge is 2.20. The zero-order valence-electron chi connectivity index (χ0n) is 12.4. The Morgan fingerprint density at radius 3 is 2.65 bits per heavy atom. The third-order valence-corrected chi connectivity index (χ3v) is 4.38. The summed E-state index contributed by atoms with van der Waals surface area (Å²) in [7, 11) is 2.05. The van der Waals surface area contributed by atoms with Gasteiger partial charge in [0.1, 0.15) is 0 Å².